The molecule has 0 spiro atoms. The highest BCUT2D eigenvalue weighted by Gasteiger charge is 2.44. The van der Waals surface area contributed by atoms with E-state index in [1.54, 1.807) is 29.2 Å². The SMILES string of the molecule is Cc1ccc([C@@H]2c3c(oc4ccccc4c3=O)C(=O)N2CCCN2CCOCC2)o1. The van der Waals surface area contributed by atoms with Gasteiger partial charge in [-0.1, -0.05) is 12.1 Å². The van der Waals surface area contributed by atoms with Crippen molar-refractivity contribution in [3.63, 3.8) is 0 Å². The van der Waals surface area contributed by atoms with E-state index in [1.807, 2.05) is 19.1 Å². The van der Waals surface area contributed by atoms with Gasteiger partial charge in [-0.3, -0.25) is 14.5 Å². The minimum absolute atomic E-state index is 0.129. The fourth-order valence-electron chi connectivity index (χ4n) is 4.38. The van der Waals surface area contributed by atoms with E-state index < -0.39 is 6.04 Å². The monoisotopic (exact) mass is 408 g/mol. The molecule has 156 valence electrons. The lowest BCUT2D eigenvalue weighted by Gasteiger charge is -2.28. The molecular formula is C23H24N2O5. The van der Waals surface area contributed by atoms with Crippen molar-refractivity contribution in [1.29, 1.82) is 0 Å². The molecule has 2 aliphatic rings. The quantitative estimate of drug-likeness (QED) is 0.646. The van der Waals surface area contributed by atoms with Crippen LogP contribution in [0.4, 0.5) is 0 Å². The van der Waals surface area contributed by atoms with Crippen molar-refractivity contribution >= 4 is 16.9 Å². The Hall–Kier alpha value is -2.90. The summed E-state index contributed by atoms with van der Waals surface area (Å²) >= 11 is 0. The van der Waals surface area contributed by atoms with E-state index in [4.69, 9.17) is 13.6 Å². The third-order valence-corrected chi connectivity index (χ3v) is 5.88. The van der Waals surface area contributed by atoms with Crippen LogP contribution >= 0.6 is 0 Å². The van der Waals surface area contributed by atoms with Crippen LogP contribution in [0.3, 0.4) is 0 Å². The van der Waals surface area contributed by atoms with Crippen molar-refractivity contribution < 1.29 is 18.4 Å². The summed E-state index contributed by atoms with van der Waals surface area (Å²) in [6, 6.07) is 10.2. The zero-order valence-electron chi connectivity index (χ0n) is 16.9. The molecule has 2 aliphatic heterocycles. The first kappa shape index (κ1) is 19.1. The largest absolute Gasteiger partial charge is 0.464 e. The summed E-state index contributed by atoms with van der Waals surface area (Å²) in [5.41, 5.74) is 0.633. The first-order chi connectivity index (χ1) is 14.6. The van der Waals surface area contributed by atoms with Crippen LogP contribution in [-0.4, -0.2) is 55.1 Å². The van der Waals surface area contributed by atoms with E-state index in [1.165, 1.54) is 0 Å². The number of aryl methyl sites for hydroxylation is 1. The van der Waals surface area contributed by atoms with Crippen molar-refractivity contribution in [2.24, 2.45) is 0 Å². The minimum Gasteiger partial charge on any atom is -0.464 e. The average Bonchev–Trinajstić information content (AvgIpc) is 3.31. The standard InChI is InChI=1S/C23H24N2O5/c1-15-7-8-18(29-15)20-19-21(26)16-5-2-3-6-17(16)30-22(19)23(27)25(20)10-4-9-24-11-13-28-14-12-24/h2-3,5-8,20H,4,9-14H2,1H3/t20-/m1/s1. The molecule has 1 atom stereocenters. The molecule has 7 nitrogen and oxygen atoms in total. The molecule has 0 N–H and O–H groups in total. The highest BCUT2D eigenvalue weighted by Crippen LogP contribution is 2.38. The maximum atomic E-state index is 13.3. The van der Waals surface area contributed by atoms with Gasteiger partial charge in [-0.2, -0.15) is 0 Å². The third-order valence-electron chi connectivity index (χ3n) is 5.88. The average molecular weight is 408 g/mol. The van der Waals surface area contributed by atoms with Crippen molar-refractivity contribution in [1.82, 2.24) is 9.80 Å². The maximum Gasteiger partial charge on any atom is 0.291 e. The lowest BCUT2D eigenvalue weighted by atomic mass is 10.0. The summed E-state index contributed by atoms with van der Waals surface area (Å²) in [5, 5.41) is 0.479. The van der Waals surface area contributed by atoms with Gasteiger partial charge in [0.15, 0.2) is 5.43 Å². The predicted octanol–water partition coefficient (Wildman–Crippen LogP) is 2.96. The number of benzene rings is 1. The van der Waals surface area contributed by atoms with Crippen molar-refractivity contribution in [3.8, 4) is 0 Å². The number of furan rings is 1. The molecule has 0 saturated carbocycles. The van der Waals surface area contributed by atoms with E-state index in [0.29, 0.717) is 28.8 Å². The first-order valence-electron chi connectivity index (χ1n) is 10.4. The highest BCUT2D eigenvalue weighted by atomic mass is 16.5. The molecule has 0 unspecified atom stereocenters. The van der Waals surface area contributed by atoms with E-state index in [-0.39, 0.29) is 17.1 Å². The smallest absolute Gasteiger partial charge is 0.291 e. The van der Waals surface area contributed by atoms with Crippen LogP contribution in [0.5, 0.6) is 0 Å². The van der Waals surface area contributed by atoms with Gasteiger partial charge in [0, 0.05) is 26.2 Å². The molecule has 0 aliphatic carbocycles. The molecular weight excluding hydrogens is 384 g/mol. The van der Waals surface area contributed by atoms with Gasteiger partial charge in [0.1, 0.15) is 23.1 Å². The maximum absolute atomic E-state index is 13.3. The molecule has 30 heavy (non-hydrogen) atoms. The normalized spacial score (nSPS) is 19.6. The van der Waals surface area contributed by atoms with Gasteiger partial charge in [-0.15, -0.1) is 0 Å². The summed E-state index contributed by atoms with van der Waals surface area (Å²) < 4.78 is 17.2. The summed E-state index contributed by atoms with van der Waals surface area (Å²) in [6.45, 7) is 6.53. The van der Waals surface area contributed by atoms with Crippen LogP contribution in [0.2, 0.25) is 0 Å². The Balaban J connectivity index is 1.51. The summed E-state index contributed by atoms with van der Waals surface area (Å²) in [5.74, 6) is 1.20. The lowest BCUT2D eigenvalue weighted by molar-refractivity contribution is 0.0352. The molecule has 0 radical (unpaired) electrons. The van der Waals surface area contributed by atoms with Gasteiger partial charge in [-0.25, -0.2) is 0 Å². The van der Waals surface area contributed by atoms with Gasteiger partial charge in [0.2, 0.25) is 5.76 Å². The highest BCUT2D eigenvalue weighted by molar-refractivity contribution is 5.98. The van der Waals surface area contributed by atoms with Crippen LogP contribution in [0, 0.1) is 6.92 Å². The molecule has 1 saturated heterocycles. The van der Waals surface area contributed by atoms with Gasteiger partial charge < -0.3 is 18.5 Å². The van der Waals surface area contributed by atoms with Gasteiger partial charge in [-0.05, 0) is 37.6 Å². The van der Waals surface area contributed by atoms with Crippen LogP contribution in [0.1, 0.15) is 40.1 Å². The van der Waals surface area contributed by atoms with Crippen molar-refractivity contribution in [3.05, 3.63) is 69.5 Å². The fraction of sp³-hybridized carbons (Fsp3) is 0.391. The topological polar surface area (TPSA) is 76.1 Å². The Bertz CT molecular complexity index is 1140. The Labute approximate surface area is 173 Å². The second kappa shape index (κ2) is 7.74. The molecule has 0 bridgehead atoms. The van der Waals surface area contributed by atoms with Crippen LogP contribution in [0.25, 0.3) is 11.0 Å². The molecule has 1 amide bonds. The number of nitrogens with zero attached hydrogens (tertiary/aromatic N) is 2. The van der Waals surface area contributed by atoms with Gasteiger partial charge in [0.05, 0.1) is 24.2 Å². The minimum atomic E-state index is -0.563. The summed E-state index contributed by atoms with van der Waals surface area (Å²) in [6.07, 6.45) is 0.795. The first-order valence-corrected chi connectivity index (χ1v) is 10.4. The molecule has 5 rings (SSSR count). The Morgan fingerprint density at radius 1 is 1.00 bits per heavy atom. The number of carbonyl (C=O) groups is 1. The Morgan fingerprint density at radius 3 is 2.57 bits per heavy atom. The summed E-state index contributed by atoms with van der Waals surface area (Å²) in [7, 11) is 0. The van der Waals surface area contributed by atoms with Crippen LogP contribution in [-0.2, 0) is 4.74 Å². The number of carbonyl (C=O) groups excluding carboxylic acids is 1. The number of morpholine rings is 1. The number of para-hydroxylation sites is 1. The number of hydrogen-bond acceptors (Lipinski definition) is 6. The van der Waals surface area contributed by atoms with Crippen LogP contribution < -0.4 is 5.43 Å². The Morgan fingerprint density at radius 2 is 1.80 bits per heavy atom. The predicted molar refractivity (Wildman–Crippen MR) is 111 cm³/mol. The van der Waals surface area contributed by atoms with E-state index in [2.05, 4.69) is 4.90 Å². The number of rotatable bonds is 5. The lowest BCUT2D eigenvalue weighted by Crippen LogP contribution is -2.38. The van der Waals surface area contributed by atoms with E-state index in [9.17, 15) is 9.59 Å². The van der Waals surface area contributed by atoms with E-state index in [0.717, 1.165) is 45.0 Å². The van der Waals surface area contributed by atoms with Gasteiger partial charge >= 0.3 is 0 Å². The fourth-order valence-corrected chi connectivity index (χ4v) is 4.38. The third kappa shape index (κ3) is 3.24. The second-order valence-corrected chi connectivity index (χ2v) is 7.83. The molecule has 7 heteroatoms. The number of fused-ring (bicyclic) bond motifs is 2. The number of ether oxygens (including phenoxy) is 1. The van der Waals surface area contributed by atoms with Crippen molar-refractivity contribution in [2.75, 3.05) is 39.4 Å². The van der Waals surface area contributed by atoms with E-state index >= 15 is 0 Å². The van der Waals surface area contributed by atoms with Crippen LogP contribution in [0.15, 0.2) is 50.0 Å². The molecule has 1 aromatic carbocycles. The molecule has 2 aromatic heterocycles. The zero-order chi connectivity index (χ0) is 20.7. The molecule has 1 fully saturated rings. The molecule has 4 heterocycles. The zero-order valence-corrected chi connectivity index (χ0v) is 16.9. The second-order valence-electron chi connectivity index (χ2n) is 7.83. The number of hydrogen-bond donors (Lipinski definition) is 0. The Kier molecular flexibility index (Phi) is 4.92. The number of amides is 1. The van der Waals surface area contributed by atoms with Crippen molar-refractivity contribution in [2.45, 2.75) is 19.4 Å². The molecule has 3 aromatic rings. The van der Waals surface area contributed by atoms with Gasteiger partial charge in [0.25, 0.3) is 5.91 Å². The summed E-state index contributed by atoms with van der Waals surface area (Å²) in [4.78, 5) is 30.7.